The number of rotatable bonds is 8. The highest BCUT2D eigenvalue weighted by molar-refractivity contribution is 5.89. The van der Waals surface area contributed by atoms with Gasteiger partial charge in [0.15, 0.2) is 6.61 Å². The molecule has 0 aliphatic carbocycles. The lowest BCUT2D eigenvalue weighted by molar-refractivity contribution is -0.153. The van der Waals surface area contributed by atoms with Crippen molar-refractivity contribution in [1.29, 1.82) is 5.26 Å². The summed E-state index contributed by atoms with van der Waals surface area (Å²) in [7, 11) is 1.51. The Bertz CT molecular complexity index is 854. The van der Waals surface area contributed by atoms with Gasteiger partial charge < -0.3 is 19.7 Å². The number of amides is 2. The van der Waals surface area contributed by atoms with Crippen molar-refractivity contribution in [3.63, 3.8) is 0 Å². The molecule has 2 aromatic rings. The Balaban J connectivity index is 2.10. The number of nitrogens with one attached hydrogen (secondary N) is 1. The maximum atomic E-state index is 12.6. The second-order valence-electron chi connectivity index (χ2n) is 5.93. The summed E-state index contributed by atoms with van der Waals surface area (Å²) < 4.78 is 46.6. The van der Waals surface area contributed by atoms with Crippen LogP contribution in [0.5, 0.6) is 5.75 Å². The Kier molecular flexibility index (Phi) is 7.79. The Morgan fingerprint density at radius 1 is 1.34 bits per heavy atom. The second kappa shape index (κ2) is 10.3. The van der Waals surface area contributed by atoms with E-state index in [4.69, 9.17) is 10.00 Å². The normalized spacial score (nSPS) is 10.9. The van der Waals surface area contributed by atoms with Crippen LogP contribution in [0.4, 0.5) is 23.7 Å². The largest absolute Gasteiger partial charge is 0.483 e. The van der Waals surface area contributed by atoms with Crippen LogP contribution < -0.4 is 10.1 Å². The topological polar surface area (TPSA) is 87.5 Å². The summed E-state index contributed by atoms with van der Waals surface area (Å²) >= 11 is 0. The summed E-state index contributed by atoms with van der Waals surface area (Å²) in [6, 6.07) is 8.70. The van der Waals surface area contributed by atoms with Crippen LogP contribution in [-0.4, -0.2) is 49.0 Å². The number of aromatic nitrogens is 1. The highest BCUT2D eigenvalue weighted by Gasteiger charge is 2.29. The van der Waals surface area contributed by atoms with Gasteiger partial charge in [0.25, 0.3) is 0 Å². The fourth-order valence-corrected chi connectivity index (χ4v) is 2.35. The summed E-state index contributed by atoms with van der Waals surface area (Å²) in [6.45, 7) is -0.624. The van der Waals surface area contributed by atoms with Gasteiger partial charge in [-0.25, -0.2) is 4.79 Å². The van der Waals surface area contributed by atoms with E-state index < -0.39 is 18.8 Å². The minimum absolute atomic E-state index is 0.122. The van der Waals surface area contributed by atoms with Gasteiger partial charge in [0, 0.05) is 38.3 Å². The van der Waals surface area contributed by atoms with E-state index in [9.17, 15) is 18.0 Å². The first-order valence-corrected chi connectivity index (χ1v) is 8.50. The maximum absolute atomic E-state index is 12.6. The van der Waals surface area contributed by atoms with Gasteiger partial charge in [-0.2, -0.15) is 18.4 Å². The Hall–Kier alpha value is -3.32. The van der Waals surface area contributed by atoms with Crippen LogP contribution >= 0.6 is 0 Å². The van der Waals surface area contributed by atoms with Crippen LogP contribution in [0.25, 0.3) is 0 Å². The number of carbonyl (C=O) groups is 1. The number of hydrogen-bond acceptors (Lipinski definition) is 5. The molecule has 2 amide bonds. The van der Waals surface area contributed by atoms with Crippen LogP contribution in [0.3, 0.4) is 0 Å². The molecule has 0 spiro atoms. The number of ether oxygens (including phenoxy) is 2. The van der Waals surface area contributed by atoms with Crippen molar-refractivity contribution in [3.05, 3.63) is 53.9 Å². The molecule has 154 valence electrons. The molecular formula is C19H19F3N4O3. The highest BCUT2D eigenvalue weighted by Crippen LogP contribution is 2.25. The number of hydrogen-bond donors (Lipinski definition) is 1. The van der Waals surface area contributed by atoms with Gasteiger partial charge in [-0.3, -0.25) is 4.98 Å². The third-order valence-electron chi connectivity index (χ3n) is 3.69. The molecule has 0 unspecified atom stereocenters. The number of alkyl halides is 3. The van der Waals surface area contributed by atoms with E-state index in [1.165, 1.54) is 30.2 Å². The molecule has 1 aromatic carbocycles. The van der Waals surface area contributed by atoms with Gasteiger partial charge >= 0.3 is 12.2 Å². The van der Waals surface area contributed by atoms with Crippen LogP contribution in [0.1, 0.15) is 11.1 Å². The van der Waals surface area contributed by atoms with Crippen molar-refractivity contribution in [2.45, 2.75) is 12.7 Å². The van der Waals surface area contributed by atoms with Crippen LogP contribution in [-0.2, 0) is 11.3 Å². The molecule has 0 saturated carbocycles. The molecule has 0 radical (unpaired) electrons. The summed E-state index contributed by atoms with van der Waals surface area (Å²) in [4.78, 5) is 18.1. The van der Waals surface area contributed by atoms with Gasteiger partial charge in [-0.15, -0.1) is 0 Å². The van der Waals surface area contributed by atoms with Gasteiger partial charge in [-0.05, 0) is 29.8 Å². The molecule has 0 bridgehead atoms. The number of urea groups is 1. The van der Waals surface area contributed by atoms with E-state index >= 15 is 0 Å². The molecule has 7 nitrogen and oxygen atoms in total. The molecule has 29 heavy (non-hydrogen) atoms. The number of anilines is 1. The van der Waals surface area contributed by atoms with Gasteiger partial charge in [-0.1, -0.05) is 6.07 Å². The second-order valence-corrected chi connectivity index (χ2v) is 5.93. The predicted octanol–water partition coefficient (Wildman–Crippen LogP) is 3.57. The molecule has 0 aliphatic heterocycles. The summed E-state index contributed by atoms with van der Waals surface area (Å²) in [5.41, 5.74) is 0.939. The average molecular weight is 408 g/mol. The first-order chi connectivity index (χ1) is 13.8. The van der Waals surface area contributed by atoms with Crippen molar-refractivity contribution in [3.8, 4) is 11.8 Å². The molecule has 2 rings (SSSR count). The Morgan fingerprint density at radius 3 is 2.76 bits per heavy atom. The van der Waals surface area contributed by atoms with E-state index in [0.29, 0.717) is 13.2 Å². The lowest BCUT2D eigenvalue weighted by Crippen LogP contribution is -2.36. The maximum Gasteiger partial charge on any atom is 0.422 e. The zero-order chi connectivity index (χ0) is 21.3. The van der Waals surface area contributed by atoms with Crippen LogP contribution in [0.15, 0.2) is 42.7 Å². The molecular weight excluding hydrogens is 389 g/mol. The fourth-order valence-electron chi connectivity index (χ4n) is 2.35. The van der Waals surface area contributed by atoms with E-state index in [-0.39, 0.29) is 23.5 Å². The standard InChI is InChI=1S/C19H19F3N4O3/c1-28-8-7-26(12-14-3-2-6-24-11-14)18(27)25-16-4-5-17(15(9-16)10-23)29-13-19(20,21)22/h2-6,9,11H,7-8,12-13H2,1H3,(H,25,27). The number of methoxy groups -OCH3 is 1. The van der Waals surface area contributed by atoms with Gasteiger partial charge in [0.1, 0.15) is 11.8 Å². The quantitative estimate of drug-likeness (QED) is 0.722. The van der Waals surface area contributed by atoms with Crippen molar-refractivity contribution in [2.75, 3.05) is 32.2 Å². The van der Waals surface area contributed by atoms with E-state index in [2.05, 4.69) is 15.0 Å². The summed E-state index contributed by atoms with van der Waals surface area (Å²) in [5.74, 6) is -0.213. The number of pyridine rings is 1. The monoisotopic (exact) mass is 408 g/mol. The minimum Gasteiger partial charge on any atom is -0.483 e. The highest BCUT2D eigenvalue weighted by atomic mass is 19.4. The molecule has 1 N–H and O–H groups in total. The average Bonchev–Trinajstić information content (AvgIpc) is 2.70. The Labute approximate surface area is 165 Å². The molecule has 0 fully saturated rings. The first-order valence-electron chi connectivity index (χ1n) is 8.50. The molecule has 0 aliphatic rings. The van der Waals surface area contributed by atoms with Crippen LogP contribution in [0, 0.1) is 11.3 Å². The van der Waals surface area contributed by atoms with E-state index in [1.54, 1.807) is 24.5 Å². The van der Waals surface area contributed by atoms with Crippen molar-refractivity contribution < 1.29 is 27.4 Å². The molecule has 0 atom stereocenters. The number of carbonyl (C=O) groups excluding carboxylic acids is 1. The summed E-state index contributed by atoms with van der Waals surface area (Å²) in [5, 5.41) is 11.8. The number of nitrogens with zero attached hydrogens (tertiary/aromatic N) is 3. The zero-order valence-electron chi connectivity index (χ0n) is 15.6. The lowest BCUT2D eigenvalue weighted by atomic mass is 10.2. The van der Waals surface area contributed by atoms with Crippen molar-refractivity contribution in [2.24, 2.45) is 0 Å². The number of benzene rings is 1. The SMILES string of the molecule is COCCN(Cc1cccnc1)C(=O)Nc1ccc(OCC(F)(F)F)c(C#N)c1. The Morgan fingerprint density at radius 2 is 2.14 bits per heavy atom. The van der Waals surface area contributed by atoms with Gasteiger partial charge in [0.05, 0.1) is 12.2 Å². The van der Waals surface area contributed by atoms with Crippen molar-refractivity contribution >= 4 is 11.7 Å². The molecule has 0 saturated heterocycles. The first kappa shape index (κ1) is 22.0. The summed E-state index contributed by atoms with van der Waals surface area (Å²) in [6.07, 6.45) is -1.27. The van der Waals surface area contributed by atoms with Crippen LogP contribution in [0.2, 0.25) is 0 Å². The van der Waals surface area contributed by atoms with Crippen molar-refractivity contribution in [1.82, 2.24) is 9.88 Å². The van der Waals surface area contributed by atoms with E-state index in [1.807, 2.05) is 6.07 Å². The lowest BCUT2D eigenvalue weighted by Gasteiger charge is -2.23. The fraction of sp³-hybridized carbons (Fsp3) is 0.316. The number of nitriles is 1. The third kappa shape index (κ3) is 7.31. The smallest absolute Gasteiger partial charge is 0.422 e. The zero-order valence-corrected chi connectivity index (χ0v) is 15.6. The minimum atomic E-state index is -4.52. The van der Waals surface area contributed by atoms with E-state index in [0.717, 1.165) is 5.56 Å². The predicted molar refractivity (Wildman–Crippen MR) is 98.2 cm³/mol. The molecule has 1 aromatic heterocycles. The van der Waals surface area contributed by atoms with Gasteiger partial charge in [0.2, 0.25) is 0 Å². The third-order valence-corrected chi connectivity index (χ3v) is 3.69. The molecule has 1 heterocycles. The number of halogens is 3. The molecule has 10 heteroatoms.